The molecule has 1 atom stereocenters. The van der Waals surface area contributed by atoms with Crippen LogP contribution in [0.3, 0.4) is 0 Å². The van der Waals surface area contributed by atoms with Gasteiger partial charge < -0.3 is 15.4 Å². The molecule has 1 rings (SSSR count). The highest BCUT2D eigenvalue weighted by Crippen LogP contribution is 2.35. The summed E-state index contributed by atoms with van der Waals surface area (Å²) in [5.74, 6) is 0.436. The van der Waals surface area contributed by atoms with Crippen molar-refractivity contribution < 1.29 is 26.3 Å². The van der Waals surface area contributed by atoms with E-state index in [2.05, 4.69) is 15.6 Å². The first-order chi connectivity index (χ1) is 13.1. The maximum Gasteiger partial charge on any atom is 0.416 e. The minimum Gasteiger partial charge on any atom is -0.488 e. The van der Waals surface area contributed by atoms with Gasteiger partial charge in [-0.1, -0.05) is 6.07 Å². The molecule has 0 heterocycles. The average Bonchev–Trinajstić information content (AvgIpc) is 2.54. The number of alkyl halides is 3. The highest BCUT2D eigenvalue weighted by molar-refractivity contribution is 7.90. The smallest absolute Gasteiger partial charge is 0.416 e. The number of hydrogen-bond donors (Lipinski definition) is 2. The van der Waals surface area contributed by atoms with Crippen LogP contribution >= 0.6 is 0 Å². The molecule has 0 amide bonds. The number of benzene rings is 1. The first-order valence-corrected chi connectivity index (χ1v) is 11.2. The summed E-state index contributed by atoms with van der Waals surface area (Å²) in [5.41, 5.74) is -1.35. The van der Waals surface area contributed by atoms with Gasteiger partial charge in [-0.25, -0.2) is 8.42 Å². The largest absolute Gasteiger partial charge is 0.488 e. The molecule has 0 aliphatic carbocycles. The Hall–Kier alpha value is -1.97. The molecule has 0 spiro atoms. The molecular weight excluding hydrogens is 407 g/mol. The number of nitrogens with one attached hydrogen (secondary N) is 2. The van der Waals surface area contributed by atoms with Gasteiger partial charge in [0.25, 0.3) is 0 Å². The lowest BCUT2D eigenvalue weighted by Gasteiger charge is -2.23. The van der Waals surface area contributed by atoms with Crippen molar-refractivity contribution in [2.75, 3.05) is 19.1 Å². The Morgan fingerprint density at radius 1 is 1.24 bits per heavy atom. The fourth-order valence-corrected chi connectivity index (χ4v) is 3.24. The van der Waals surface area contributed by atoms with Crippen molar-refractivity contribution in [1.29, 1.82) is 0 Å². The Bertz CT molecular complexity index is 816. The summed E-state index contributed by atoms with van der Waals surface area (Å²) in [6.45, 7) is 6.95. The van der Waals surface area contributed by atoms with E-state index < -0.39 is 27.2 Å². The van der Waals surface area contributed by atoms with Crippen molar-refractivity contribution >= 4 is 15.8 Å². The number of nitrogens with zero attached hydrogens (tertiary/aromatic N) is 1. The SMILES string of the molecule is CN=C(NCc1ccc(OC(C)(C)C)cc1C(F)(F)F)NC(C)CCS(C)(=O)=O. The monoisotopic (exact) mass is 437 g/mol. The third kappa shape index (κ3) is 9.87. The van der Waals surface area contributed by atoms with Crippen molar-refractivity contribution in [3.05, 3.63) is 29.3 Å². The zero-order valence-electron chi connectivity index (χ0n) is 17.6. The van der Waals surface area contributed by atoms with Gasteiger partial charge in [0.15, 0.2) is 5.96 Å². The number of hydrogen-bond acceptors (Lipinski definition) is 4. The standard InChI is InChI=1S/C19H30F3N3O3S/c1-13(9-10-29(6,26)27)25-17(23-5)24-12-14-7-8-15(28-18(2,3)4)11-16(14)19(20,21)22/h7-8,11,13H,9-10,12H2,1-6H3,(H2,23,24,25). The maximum absolute atomic E-state index is 13.5. The Morgan fingerprint density at radius 3 is 2.34 bits per heavy atom. The van der Waals surface area contributed by atoms with Crippen molar-refractivity contribution in [3.63, 3.8) is 0 Å². The third-order valence-electron chi connectivity index (χ3n) is 3.79. The molecule has 1 aromatic rings. The van der Waals surface area contributed by atoms with E-state index in [4.69, 9.17) is 4.74 Å². The average molecular weight is 438 g/mol. The van der Waals surface area contributed by atoms with E-state index in [0.717, 1.165) is 12.3 Å². The lowest BCUT2D eigenvalue weighted by molar-refractivity contribution is -0.138. The minimum absolute atomic E-state index is 0.00558. The number of aliphatic imine (C=N–C) groups is 1. The van der Waals surface area contributed by atoms with Crippen LogP contribution in [0.4, 0.5) is 13.2 Å². The van der Waals surface area contributed by atoms with Gasteiger partial charge in [0, 0.05) is 25.9 Å². The fourth-order valence-electron chi connectivity index (χ4n) is 2.46. The van der Waals surface area contributed by atoms with E-state index >= 15 is 0 Å². The number of ether oxygens (including phenoxy) is 1. The van der Waals surface area contributed by atoms with E-state index in [1.165, 1.54) is 19.2 Å². The molecule has 10 heteroatoms. The Morgan fingerprint density at radius 2 is 1.86 bits per heavy atom. The number of guanidine groups is 1. The molecule has 0 aliphatic rings. The van der Waals surface area contributed by atoms with Gasteiger partial charge in [0.2, 0.25) is 0 Å². The summed E-state index contributed by atoms with van der Waals surface area (Å²) < 4.78 is 68.6. The molecule has 0 radical (unpaired) electrons. The summed E-state index contributed by atoms with van der Waals surface area (Å²) >= 11 is 0. The third-order valence-corrected chi connectivity index (χ3v) is 4.76. The van der Waals surface area contributed by atoms with Crippen LogP contribution in [-0.4, -0.2) is 45.1 Å². The highest BCUT2D eigenvalue weighted by Gasteiger charge is 2.34. The van der Waals surface area contributed by atoms with Crippen LogP contribution in [0.1, 0.15) is 45.2 Å². The molecule has 0 fully saturated rings. The van der Waals surface area contributed by atoms with E-state index in [9.17, 15) is 21.6 Å². The first-order valence-electron chi connectivity index (χ1n) is 9.15. The zero-order chi connectivity index (χ0) is 22.5. The van der Waals surface area contributed by atoms with Gasteiger partial charge in [0.1, 0.15) is 21.2 Å². The van der Waals surface area contributed by atoms with E-state index in [1.807, 2.05) is 0 Å². The van der Waals surface area contributed by atoms with Crippen LogP contribution in [0, 0.1) is 0 Å². The predicted octanol–water partition coefficient (Wildman–Crippen LogP) is 3.37. The first kappa shape index (κ1) is 25.1. The van der Waals surface area contributed by atoms with Gasteiger partial charge >= 0.3 is 6.18 Å². The fraction of sp³-hybridized carbons (Fsp3) is 0.632. The number of rotatable bonds is 7. The molecule has 0 aromatic heterocycles. The summed E-state index contributed by atoms with van der Waals surface area (Å²) in [6.07, 6.45) is -3.03. The van der Waals surface area contributed by atoms with Crippen LogP contribution in [0.2, 0.25) is 0 Å². The second kappa shape index (κ2) is 9.69. The Labute approximate surface area is 170 Å². The lowest BCUT2D eigenvalue weighted by Crippen LogP contribution is -2.42. The van der Waals surface area contributed by atoms with Crippen LogP contribution in [0.25, 0.3) is 0 Å². The van der Waals surface area contributed by atoms with E-state index in [-0.39, 0.29) is 35.6 Å². The summed E-state index contributed by atoms with van der Waals surface area (Å²) in [4.78, 5) is 3.98. The molecule has 2 N–H and O–H groups in total. The quantitative estimate of drug-likeness (QED) is 0.505. The molecular formula is C19H30F3N3O3S. The van der Waals surface area contributed by atoms with Crippen molar-refractivity contribution in [3.8, 4) is 5.75 Å². The van der Waals surface area contributed by atoms with Gasteiger partial charge in [0.05, 0.1) is 11.3 Å². The molecule has 1 unspecified atom stereocenters. The van der Waals surface area contributed by atoms with Crippen molar-refractivity contribution in [2.24, 2.45) is 4.99 Å². The second-order valence-electron chi connectivity index (χ2n) is 7.92. The van der Waals surface area contributed by atoms with Gasteiger partial charge in [-0.05, 0) is 51.8 Å². The van der Waals surface area contributed by atoms with Gasteiger partial charge in [-0.2, -0.15) is 13.2 Å². The van der Waals surface area contributed by atoms with Crippen LogP contribution in [0.15, 0.2) is 23.2 Å². The second-order valence-corrected chi connectivity index (χ2v) is 10.2. The lowest BCUT2D eigenvalue weighted by atomic mass is 10.1. The maximum atomic E-state index is 13.5. The summed E-state index contributed by atoms with van der Waals surface area (Å²) in [5, 5.41) is 5.82. The Balaban J connectivity index is 2.88. The highest BCUT2D eigenvalue weighted by atomic mass is 32.2. The molecule has 6 nitrogen and oxygen atoms in total. The minimum atomic E-state index is -4.53. The van der Waals surface area contributed by atoms with Crippen LogP contribution < -0.4 is 15.4 Å². The molecule has 29 heavy (non-hydrogen) atoms. The number of halogens is 3. The van der Waals surface area contributed by atoms with Crippen LogP contribution in [-0.2, 0) is 22.6 Å². The van der Waals surface area contributed by atoms with Gasteiger partial charge in [-0.15, -0.1) is 0 Å². The summed E-state index contributed by atoms with van der Waals surface area (Å²) in [6, 6.07) is 3.65. The molecule has 166 valence electrons. The molecule has 1 aromatic carbocycles. The summed E-state index contributed by atoms with van der Waals surface area (Å²) in [7, 11) is -1.60. The van der Waals surface area contributed by atoms with E-state index in [0.29, 0.717) is 6.42 Å². The number of sulfone groups is 1. The topological polar surface area (TPSA) is 79.8 Å². The van der Waals surface area contributed by atoms with Crippen molar-refractivity contribution in [1.82, 2.24) is 10.6 Å². The molecule has 0 bridgehead atoms. The predicted molar refractivity (Wildman–Crippen MR) is 109 cm³/mol. The van der Waals surface area contributed by atoms with Crippen LogP contribution in [0.5, 0.6) is 5.75 Å². The molecule has 0 aliphatic heterocycles. The Kier molecular flexibility index (Phi) is 8.37. The molecule has 0 saturated carbocycles. The molecule has 0 saturated heterocycles. The van der Waals surface area contributed by atoms with Crippen molar-refractivity contribution in [2.45, 2.75) is 58.5 Å². The normalized spacial score (nSPS) is 14.4. The zero-order valence-corrected chi connectivity index (χ0v) is 18.5. The van der Waals surface area contributed by atoms with E-state index in [1.54, 1.807) is 27.7 Å². The van der Waals surface area contributed by atoms with Gasteiger partial charge in [-0.3, -0.25) is 4.99 Å².